The van der Waals surface area contributed by atoms with E-state index in [9.17, 15) is 14.4 Å². The van der Waals surface area contributed by atoms with Crippen molar-refractivity contribution in [3.05, 3.63) is 59.7 Å². The molecule has 0 saturated heterocycles. The van der Waals surface area contributed by atoms with Crippen LogP contribution in [-0.2, 0) is 11.2 Å². The second kappa shape index (κ2) is 8.66. The maximum absolute atomic E-state index is 12.5. The Labute approximate surface area is 152 Å². The van der Waals surface area contributed by atoms with E-state index in [1.165, 1.54) is 11.0 Å². The molecule has 0 bridgehead atoms. The molecular weight excluding hydrogens is 332 g/mol. The van der Waals surface area contributed by atoms with Crippen LogP contribution in [0.5, 0.6) is 0 Å². The first kappa shape index (κ1) is 19.0. The number of hydrogen-bond donors (Lipinski definition) is 3. The van der Waals surface area contributed by atoms with Crippen LogP contribution in [0.25, 0.3) is 0 Å². The van der Waals surface area contributed by atoms with E-state index in [4.69, 9.17) is 5.73 Å². The molecule has 2 rings (SSSR count). The van der Waals surface area contributed by atoms with Crippen molar-refractivity contribution >= 4 is 29.2 Å². The molecule has 0 aliphatic carbocycles. The average Bonchev–Trinajstić information content (AvgIpc) is 2.61. The van der Waals surface area contributed by atoms with Crippen molar-refractivity contribution in [2.45, 2.75) is 13.3 Å². The molecule has 0 aliphatic rings. The number of rotatable bonds is 6. The predicted molar refractivity (Wildman–Crippen MR) is 101 cm³/mol. The van der Waals surface area contributed by atoms with Crippen molar-refractivity contribution in [1.82, 2.24) is 4.90 Å². The number of urea groups is 1. The molecule has 4 amide bonds. The fraction of sp³-hybridized carbons (Fsp3) is 0.211. The van der Waals surface area contributed by atoms with Crippen LogP contribution in [0.2, 0.25) is 0 Å². The van der Waals surface area contributed by atoms with Gasteiger partial charge in [0.1, 0.15) is 0 Å². The van der Waals surface area contributed by atoms with E-state index < -0.39 is 6.03 Å². The maximum Gasteiger partial charge on any atom is 0.316 e. The van der Waals surface area contributed by atoms with Gasteiger partial charge in [0.25, 0.3) is 5.91 Å². The Bertz CT molecular complexity index is 820. The van der Waals surface area contributed by atoms with Crippen molar-refractivity contribution in [2.24, 2.45) is 5.73 Å². The quantitative estimate of drug-likeness (QED) is 0.742. The van der Waals surface area contributed by atoms with Crippen molar-refractivity contribution in [3.63, 3.8) is 0 Å². The number of carbonyl (C=O) groups excluding carboxylic acids is 3. The molecule has 0 fully saturated rings. The minimum Gasteiger partial charge on any atom is -0.351 e. The number of amides is 4. The molecule has 4 N–H and O–H groups in total. The lowest BCUT2D eigenvalue weighted by Gasteiger charge is -2.18. The van der Waals surface area contributed by atoms with E-state index in [0.717, 1.165) is 17.7 Å². The van der Waals surface area contributed by atoms with Crippen LogP contribution in [-0.4, -0.2) is 36.3 Å². The van der Waals surface area contributed by atoms with Gasteiger partial charge in [0.05, 0.1) is 6.54 Å². The number of nitrogens with two attached hydrogens (primary N) is 1. The second-order valence-corrected chi connectivity index (χ2v) is 5.79. The topological polar surface area (TPSA) is 105 Å². The lowest BCUT2D eigenvalue weighted by atomic mass is 10.1. The fourth-order valence-corrected chi connectivity index (χ4v) is 2.52. The van der Waals surface area contributed by atoms with Gasteiger partial charge in [-0.05, 0) is 36.2 Å². The summed E-state index contributed by atoms with van der Waals surface area (Å²) >= 11 is 0. The van der Waals surface area contributed by atoms with Gasteiger partial charge < -0.3 is 21.3 Å². The van der Waals surface area contributed by atoms with Crippen molar-refractivity contribution in [3.8, 4) is 0 Å². The van der Waals surface area contributed by atoms with E-state index >= 15 is 0 Å². The summed E-state index contributed by atoms with van der Waals surface area (Å²) in [5.41, 5.74) is 7.61. The highest BCUT2D eigenvalue weighted by molar-refractivity contribution is 6.00. The summed E-state index contributed by atoms with van der Waals surface area (Å²) in [5, 5.41) is 5.24. The fourth-order valence-electron chi connectivity index (χ4n) is 2.52. The highest BCUT2D eigenvalue weighted by atomic mass is 16.2. The van der Waals surface area contributed by atoms with E-state index in [1.54, 1.807) is 25.2 Å². The van der Waals surface area contributed by atoms with Gasteiger partial charge in [-0.2, -0.15) is 0 Å². The lowest BCUT2D eigenvalue weighted by Crippen LogP contribution is -2.35. The number of nitrogens with zero attached hydrogens (tertiary/aromatic N) is 1. The number of para-hydroxylation sites is 1. The molecule has 136 valence electrons. The number of hydrogen-bond acceptors (Lipinski definition) is 3. The van der Waals surface area contributed by atoms with Crippen molar-refractivity contribution in [2.75, 3.05) is 24.2 Å². The molecular formula is C19H22N4O3. The monoisotopic (exact) mass is 354 g/mol. The molecule has 0 atom stereocenters. The Kier molecular flexibility index (Phi) is 6.32. The van der Waals surface area contributed by atoms with E-state index in [2.05, 4.69) is 10.6 Å². The zero-order valence-electron chi connectivity index (χ0n) is 14.8. The standard InChI is InChI=1S/C19H22N4O3/c1-3-13-7-4-5-10-16(13)22-17(24)12-23(2)18(25)14-8-6-9-15(11-14)21-19(20)26/h4-11H,3,12H2,1-2H3,(H,22,24)(H3,20,21,26). The molecule has 26 heavy (non-hydrogen) atoms. The van der Waals surface area contributed by atoms with Crippen LogP contribution in [0, 0.1) is 0 Å². The Balaban J connectivity index is 2.02. The van der Waals surface area contributed by atoms with Gasteiger partial charge in [-0.3, -0.25) is 9.59 Å². The highest BCUT2D eigenvalue weighted by Gasteiger charge is 2.16. The molecule has 0 aromatic heterocycles. The number of anilines is 2. The summed E-state index contributed by atoms with van der Waals surface area (Å²) in [4.78, 5) is 37.0. The van der Waals surface area contributed by atoms with E-state index in [1.807, 2.05) is 31.2 Å². The maximum atomic E-state index is 12.5. The number of likely N-dealkylation sites (N-methyl/N-ethyl adjacent to an activating group) is 1. The summed E-state index contributed by atoms with van der Waals surface area (Å²) in [6, 6.07) is 13.2. The zero-order chi connectivity index (χ0) is 19.1. The largest absolute Gasteiger partial charge is 0.351 e. The number of primary amides is 1. The molecule has 0 unspecified atom stereocenters. The molecule has 2 aromatic rings. The summed E-state index contributed by atoms with van der Waals surface area (Å²) in [7, 11) is 1.54. The summed E-state index contributed by atoms with van der Waals surface area (Å²) < 4.78 is 0. The van der Waals surface area contributed by atoms with Crippen LogP contribution in [0.15, 0.2) is 48.5 Å². The number of carbonyl (C=O) groups is 3. The minimum absolute atomic E-state index is 0.0929. The minimum atomic E-state index is -0.711. The lowest BCUT2D eigenvalue weighted by molar-refractivity contribution is -0.116. The van der Waals surface area contributed by atoms with Crippen LogP contribution in [0.4, 0.5) is 16.2 Å². The van der Waals surface area contributed by atoms with Gasteiger partial charge in [0, 0.05) is 24.0 Å². The molecule has 0 aliphatic heterocycles. The summed E-state index contributed by atoms with van der Waals surface area (Å²) in [6.07, 6.45) is 0.797. The summed E-state index contributed by atoms with van der Waals surface area (Å²) in [5.74, 6) is -0.620. The van der Waals surface area contributed by atoms with Gasteiger partial charge in [-0.25, -0.2) is 4.79 Å². The Morgan fingerprint density at radius 3 is 2.46 bits per heavy atom. The second-order valence-electron chi connectivity index (χ2n) is 5.79. The third kappa shape index (κ3) is 5.07. The molecule has 2 aromatic carbocycles. The number of aryl methyl sites for hydroxylation is 1. The Morgan fingerprint density at radius 1 is 1.04 bits per heavy atom. The third-order valence-electron chi connectivity index (χ3n) is 3.78. The van der Waals surface area contributed by atoms with E-state index in [-0.39, 0.29) is 18.4 Å². The summed E-state index contributed by atoms with van der Waals surface area (Å²) in [6.45, 7) is 1.91. The van der Waals surface area contributed by atoms with Gasteiger partial charge in [0.15, 0.2) is 0 Å². The van der Waals surface area contributed by atoms with Gasteiger partial charge in [-0.1, -0.05) is 31.2 Å². The van der Waals surface area contributed by atoms with Crippen molar-refractivity contribution < 1.29 is 14.4 Å². The first-order chi connectivity index (χ1) is 12.4. The smallest absolute Gasteiger partial charge is 0.316 e. The van der Waals surface area contributed by atoms with Crippen LogP contribution in [0.3, 0.4) is 0 Å². The van der Waals surface area contributed by atoms with Gasteiger partial charge in [0.2, 0.25) is 5.91 Å². The Hall–Kier alpha value is -3.35. The molecule has 7 heteroatoms. The van der Waals surface area contributed by atoms with Gasteiger partial charge in [-0.15, -0.1) is 0 Å². The van der Waals surface area contributed by atoms with E-state index in [0.29, 0.717) is 11.3 Å². The van der Waals surface area contributed by atoms with Crippen LogP contribution >= 0.6 is 0 Å². The average molecular weight is 354 g/mol. The van der Waals surface area contributed by atoms with Gasteiger partial charge >= 0.3 is 6.03 Å². The Morgan fingerprint density at radius 2 is 1.77 bits per heavy atom. The SMILES string of the molecule is CCc1ccccc1NC(=O)CN(C)C(=O)c1cccc(NC(N)=O)c1. The third-order valence-corrected chi connectivity index (χ3v) is 3.78. The molecule has 0 heterocycles. The number of benzene rings is 2. The molecule has 0 radical (unpaired) electrons. The molecule has 0 saturated carbocycles. The zero-order valence-corrected chi connectivity index (χ0v) is 14.8. The normalized spacial score (nSPS) is 10.1. The molecule has 7 nitrogen and oxygen atoms in total. The predicted octanol–water partition coefficient (Wildman–Crippen LogP) is 2.45. The highest BCUT2D eigenvalue weighted by Crippen LogP contribution is 2.16. The first-order valence-electron chi connectivity index (χ1n) is 8.20. The van der Waals surface area contributed by atoms with Crippen LogP contribution in [0.1, 0.15) is 22.8 Å². The first-order valence-corrected chi connectivity index (χ1v) is 8.20. The number of nitrogens with one attached hydrogen (secondary N) is 2. The van der Waals surface area contributed by atoms with Crippen LogP contribution < -0.4 is 16.4 Å². The molecule has 0 spiro atoms. The van der Waals surface area contributed by atoms with Crippen molar-refractivity contribution in [1.29, 1.82) is 0 Å².